The first-order valence-corrected chi connectivity index (χ1v) is 11.1. The lowest BCUT2D eigenvalue weighted by Gasteiger charge is -2.33. The van der Waals surface area contributed by atoms with Crippen LogP contribution >= 0.6 is 0 Å². The summed E-state index contributed by atoms with van der Waals surface area (Å²) >= 11 is 0. The minimum Gasteiger partial charge on any atom is -0.460 e. The molecule has 0 spiro atoms. The van der Waals surface area contributed by atoms with Crippen LogP contribution in [0.4, 0.5) is 0 Å². The van der Waals surface area contributed by atoms with Crippen molar-refractivity contribution in [1.29, 1.82) is 0 Å². The molecule has 5 nitrogen and oxygen atoms in total. The van der Waals surface area contributed by atoms with Crippen LogP contribution in [-0.4, -0.2) is 42.7 Å². The summed E-state index contributed by atoms with van der Waals surface area (Å²) in [6.45, 7) is 13.1. The minimum atomic E-state index is -0.422. The minimum absolute atomic E-state index is 0.0324. The van der Waals surface area contributed by atoms with Crippen molar-refractivity contribution < 1.29 is 19.0 Å². The van der Waals surface area contributed by atoms with Crippen LogP contribution in [0.1, 0.15) is 56.4 Å². The van der Waals surface area contributed by atoms with Crippen LogP contribution in [-0.2, 0) is 14.3 Å². The van der Waals surface area contributed by atoms with Gasteiger partial charge in [-0.25, -0.2) is 0 Å². The first kappa shape index (κ1) is 23.3. The number of rotatable bonds is 7. The topological polar surface area (TPSA) is 48.0 Å². The zero-order chi connectivity index (χ0) is 22.4. The smallest absolute Gasteiger partial charge is 0.306 e. The van der Waals surface area contributed by atoms with E-state index in [0.717, 1.165) is 48.7 Å². The predicted molar refractivity (Wildman–Crippen MR) is 123 cm³/mol. The molecule has 1 saturated heterocycles. The molecule has 1 fully saturated rings. The third-order valence-electron chi connectivity index (χ3n) is 5.46. The summed E-state index contributed by atoms with van der Waals surface area (Å²) in [5.74, 6) is 1.58. The van der Waals surface area contributed by atoms with E-state index < -0.39 is 5.60 Å². The number of esters is 1. The van der Waals surface area contributed by atoms with Crippen LogP contribution in [0.2, 0.25) is 0 Å². The van der Waals surface area contributed by atoms with Crippen molar-refractivity contribution in [3.8, 4) is 11.5 Å². The molecule has 168 valence electrons. The second-order valence-electron chi connectivity index (χ2n) is 9.22. The highest BCUT2D eigenvalue weighted by Crippen LogP contribution is 2.29. The highest BCUT2D eigenvalue weighted by atomic mass is 16.6. The molecule has 0 radical (unpaired) electrons. The van der Waals surface area contributed by atoms with E-state index in [4.69, 9.17) is 14.2 Å². The van der Waals surface area contributed by atoms with E-state index in [0.29, 0.717) is 13.0 Å². The lowest BCUT2D eigenvalue weighted by Crippen LogP contribution is -2.39. The van der Waals surface area contributed by atoms with Gasteiger partial charge in [-0.1, -0.05) is 24.3 Å². The van der Waals surface area contributed by atoms with Gasteiger partial charge in [0.1, 0.15) is 17.1 Å². The van der Waals surface area contributed by atoms with Crippen molar-refractivity contribution >= 4 is 5.97 Å². The maximum atomic E-state index is 11.9. The number of hydrogen-bond acceptors (Lipinski definition) is 5. The van der Waals surface area contributed by atoms with Crippen LogP contribution in [0.15, 0.2) is 42.5 Å². The Morgan fingerprint density at radius 3 is 2.58 bits per heavy atom. The van der Waals surface area contributed by atoms with E-state index in [1.807, 2.05) is 45.0 Å². The summed E-state index contributed by atoms with van der Waals surface area (Å²) in [5.41, 5.74) is 3.10. The normalized spacial score (nSPS) is 17.4. The van der Waals surface area contributed by atoms with Crippen molar-refractivity contribution in [1.82, 2.24) is 4.90 Å². The molecule has 3 rings (SSSR count). The summed E-state index contributed by atoms with van der Waals surface area (Å²) in [4.78, 5) is 14.3. The first-order chi connectivity index (χ1) is 14.7. The summed E-state index contributed by atoms with van der Waals surface area (Å²) in [5, 5.41) is 0. The van der Waals surface area contributed by atoms with E-state index in [1.165, 1.54) is 5.56 Å². The largest absolute Gasteiger partial charge is 0.460 e. The van der Waals surface area contributed by atoms with Crippen molar-refractivity contribution in [3.05, 3.63) is 59.2 Å². The molecule has 2 aromatic carbocycles. The van der Waals surface area contributed by atoms with Crippen LogP contribution < -0.4 is 4.74 Å². The highest BCUT2D eigenvalue weighted by molar-refractivity contribution is 5.69. The molecular formula is C26H35NO4. The number of nitrogens with zero attached hydrogens (tertiary/aromatic N) is 1. The van der Waals surface area contributed by atoms with Gasteiger partial charge in [-0.3, -0.25) is 9.69 Å². The van der Waals surface area contributed by atoms with Gasteiger partial charge in [0.15, 0.2) is 0 Å². The number of benzene rings is 2. The number of carbonyl (C=O) groups excluding carboxylic acids is 1. The Hall–Kier alpha value is -2.37. The molecule has 0 aliphatic carbocycles. The molecule has 2 aromatic rings. The molecule has 1 aliphatic heterocycles. The van der Waals surface area contributed by atoms with Crippen LogP contribution in [0, 0.1) is 13.8 Å². The Labute approximate surface area is 186 Å². The maximum Gasteiger partial charge on any atom is 0.306 e. The summed E-state index contributed by atoms with van der Waals surface area (Å²) < 4.78 is 17.5. The van der Waals surface area contributed by atoms with Crippen LogP contribution in [0.5, 0.6) is 11.5 Å². The molecule has 0 N–H and O–H groups in total. The average molecular weight is 426 g/mol. The number of ether oxygens (including phenoxy) is 3. The van der Waals surface area contributed by atoms with Gasteiger partial charge >= 0.3 is 5.97 Å². The fourth-order valence-corrected chi connectivity index (χ4v) is 3.66. The second kappa shape index (κ2) is 10.3. The Bertz CT molecular complexity index is 870. The molecule has 1 heterocycles. The first-order valence-electron chi connectivity index (χ1n) is 11.1. The quantitative estimate of drug-likeness (QED) is 0.541. The lowest BCUT2D eigenvalue weighted by atomic mass is 10.1. The van der Waals surface area contributed by atoms with Crippen molar-refractivity contribution in [3.63, 3.8) is 0 Å². The summed E-state index contributed by atoms with van der Waals surface area (Å²) in [6, 6.07) is 14.3. The maximum absolute atomic E-state index is 11.9. The van der Waals surface area contributed by atoms with Gasteiger partial charge < -0.3 is 14.2 Å². The molecule has 1 atom stereocenters. The molecule has 5 heteroatoms. The Morgan fingerprint density at radius 2 is 1.87 bits per heavy atom. The van der Waals surface area contributed by atoms with Crippen molar-refractivity contribution in [2.75, 3.05) is 26.2 Å². The second-order valence-corrected chi connectivity index (χ2v) is 9.22. The van der Waals surface area contributed by atoms with Gasteiger partial charge in [0.2, 0.25) is 0 Å². The van der Waals surface area contributed by atoms with Crippen LogP contribution in [0.25, 0.3) is 0 Å². The van der Waals surface area contributed by atoms with Gasteiger partial charge in [0.05, 0.1) is 12.7 Å². The van der Waals surface area contributed by atoms with E-state index in [-0.39, 0.29) is 12.1 Å². The number of carbonyl (C=O) groups is 1. The fraction of sp³-hybridized carbons (Fsp3) is 0.500. The zero-order valence-corrected chi connectivity index (χ0v) is 19.4. The molecule has 0 bridgehead atoms. The molecular weight excluding hydrogens is 390 g/mol. The molecule has 31 heavy (non-hydrogen) atoms. The molecule has 0 aromatic heterocycles. The summed E-state index contributed by atoms with van der Waals surface area (Å²) in [6.07, 6.45) is 1.28. The third-order valence-corrected chi connectivity index (χ3v) is 5.46. The van der Waals surface area contributed by atoms with Crippen LogP contribution in [0.3, 0.4) is 0 Å². The van der Waals surface area contributed by atoms with Gasteiger partial charge in [-0.15, -0.1) is 0 Å². The van der Waals surface area contributed by atoms with Gasteiger partial charge in [0, 0.05) is 19.5 Å². The SMILES string of the molecule is Cc1cccc(Oc2ccc(C3CN(CCCC(=O)OC(C)(C)C)CCO3)cc2)c1C. The van der Waals surface area contributed by atoms with Gasteiger partial charge in [0.25, 0.3) is 0 Å². The summed E-state index contributed by atoms with van der Waals surface area (Å²) in [7, 11) is 0. The fourth-order valence-electron chi connectivity index (χ4n) is 3.66. The van der Waals surface area contributed by atoms with E-state index in [2.05, 4.69) is 36.9 Å². The average Bonchev–Trinajstić information content (AvgIpc) is 2.71. The van der Waals surface area contributed by atoms with Crippen molar-refractivity contribution in [2.24, 2.45) is 0 Å². The highest BCUT2D eigenvalue weighted by Gasteiger charge is 2.22. The van der Waals surface area contributed by atoms with E-state index in [9.17, 15) is 4.79 Å². The predicted octanol–water partition coefficient (Wildman–Crippen LogP) is 5.59. The molecule has 1 unspecified atom stereocenters. The molecule has 0 saturated carbocycles. The van der Waals surface area contributed by atoms with Crippen molar-refractivity contribution in [2.45, 2.75) is 59.2 Å². The lowest BCUT2D eigenvalue weighted by molar-refractivity contribution is -0.155. The number of hydrogen-bond donors (Lipinski definition) is 0. The Balaban J connectivity index is 1.51. The standard InChI is InChI=1S/C26H35NO4/c1-19-8-6-9-23(20(19)2)30-22-13-11-21(12-14-22)24-18-27(16-17-29-24)15-7-10-25(28)31-26(3,4)5/h6,8-9,11-14,24H,7,10,15-18H2,1-5H3. The Kier molecular flexibility index (Phi) is 7.74. The Morgan fingerprint density at radius 1 is 1.13 bits per heavy atom. The number of morpholine rings is 1. The molecule has 1 aliphatic rings. The third kappa shape index (κ3) is 7.08. The van der Waals surface area contributed by atoms with E-state index >= 15 is 0 Å². The van der Waals surface area contributed by atoms with E-state index in [1.54, 1.807) is 0 Å². The molecule has 0 amide bonds. The van der Waals surface area contributed by atoms with Gasteiger partial charge in [-0.05, 0) is 82.5 Å². The number of aryl methyl sites for hydroxylation is 1. The van der Waals surface area contributed by atoms with Gasteiger partial charge in [-0.2, -0.15) is 0 Å². The zero-order valence-electron chi connectivity index (χ0n) is 19.4. The monoisotopic (exact) mass is 425 g/mol.